The summed E-state index contributed by atoms with van der Waals surface area (Å²) >= 11 is 1.59. The predicted molar refractivity (Wildman–Crippen MR) is 74.4 cm³/mol. The zero-order valence-corrected chi connectivity index (χ0v) is 11.7. The fourth-order valence-corrected chi connectivity index (χ4v) is 2.98. The van der Waals surface area contributed by atoms with E-state index in [1.807, 2.05) is 11.4 Å². The van der Waals surface area contributed by atoms with Crippen LogP contribution in [0.2, 0.25) is 0 Å². The molecule has 0 fully saturated rings. The number of ether oxygens (including phenoxy) is 1. The Morgan fingerprint density at radius 3 is 2.78 bits per heavy atom. The van der Waals surface area contributed by atoms with Crippen molar-refractivity contribution in [2.24, 2.45) is 0 Å². The van der Waals surface area contributed by atoms with E-state index in [4.69, 9.17) is 9.84 Å². The van der Waals surface area contributed by atoms with Crippen LogP contribution in [0.5, 0.6) is 5.75 Å². The van der Waals surface area contributed by atoms with E-state index in [0.717, 1.165) is 27.6 Å². The molecule has 0 radical (unpaired) electrons. The van der Waals surface area contributed by atoms with Gasteiger partial charge in [-0.2, -0.15) is 0 Å². The number of hydrogen-bond donors (Lipinski definition) is 1. The van der Waals surface area contributed by atoms with E-state index in [-0.39, 0.29) is 6.61 Å². The molecule has 96 valence electrons. The number of rotatable bonds is 4. The van der Waals surface area contributed by atoms with E-state index < -0.39 is 0 Å². The lowest BCUT2D eigenvalue weighted by atomic mass is 10.0. The summed E-state index contributed by atoms with van der Waals surface area (Å²) in [7, 11) is 1.68. The monoisotopic (exact) mass is 263 g/mol. The summed E-state index contributed by atoms with van der Waals surface area (Å²) in [4.78, 5) is 4.55. The number of aliphatic hydroxyl groups excluding tert-OH is 1. The molecule has 2 aromatic rings. The van der Waals surface area contributed by atoms with Crippen molar-refractivity contribution in [1.29, 1.82) is 0 Å². The van der Waals surface area contributed by atoms with Gasteiger partial charge in [-0.25, -0.2) is 4.98 Å². The van der Waals surface area contributed by atoms with Crippen LogP contribution in [0.1, 0.15) is 16.8 Å². The first-order chi connectivity index (χ1) is 8.65. The smallest absolute Gasteiger partial charge is 0.129 e. The van der Waals surface area contributed by atoms with Gasteiger partial charge in [0.1, 0.15) is 10.8 Å². The maximum Gasteiger partial charge on any atom is 0.129 e. The second-order valence-corrected chi connectivity index (χ2v) is 5.13. The van der Waals surface area contributed by atoms with E-state index in [0.29, 0.717) is 6.42 Å². The summed E-state index contributed by atoms with van der Waals surface area (Å²) in [6.45, 7) is 4.25. The maximum absolute atomic E-state index is 8.93. The fraction of sp³-hybridized carbons (Fsp3) is 0.357. The Kier molecular flexibility index (Phi) is 3.99. The number of aliphatic hydroxyl groups is 1. The van der Waals surface area contributed by atoms with Crippen molar-refractivity contribution in [3.8, 4) is 16.3 Å². The van der Waals surface area contributed by atoms with Gasteiger partial charge in [0, 0.05) is 18.4 Å². The molecule has 0 saturated heterocycles. The van der Waals surface area contributed by atoms with Crippen LogP contribution >= 0.6 is 11.3 Å². The second kappa shape index (κ2) is 5.50. The first-order valence-electron chi connectivity index (χ1n) is 5.86. The standard InChI is InChI=1S/C14H17NO2S/c1-9-6-10(2)13(12(7-9)17-3)14-15-11(4-5-16)8-18-14/h6-8,16H,4-5H2,1-3H3. The van der Waals surface area contributed by atoms with Gasteiger partial charge in [0.2, 0.25) is 0 Å². The molecule has 0 unspecified atom stereocenters. The van der Waals surface area contributed by atoms with Crippen LogP contribution in [0, 0.1) is 13.8 Å². The molecule has 0 spiro atoms. The van der Waals surface area contributed by atoms with E-state index in [9.17, 15) is 0 Å². The van der Waals surface area contributed by atoms with Crippen LogP contribution in [0.4, 0.5) is 0 Å². The first-order valence-corrected chi connectivity index (χ1v) is 6.74. The molecular formula is C14H17NO2S. The van der Waals surface area contributed by atoms with E-state index in [1.165, 1.54) is 5.56 Å². The van der Waals surface area contributed by atoms with Crippen LogP contribution in [0.25, 0.3) is 10.6 Å². The molecule has 18 heavy (non-hydrogen) atoms. The molecule has 1 heterocycles. The topological polar surface area (TPSA) is 42.4 Å². The lowest BCUT2D eigenvalue weighted by molar-refractivity contribution is 0.298. The Hall–Kier alpha value is -1.39. The second-order valence-electron chi connectivity index (χ2n) is 4.28. The molecule has 1 aromatic heterocycles. The highest BCUT2D eigenvalue weighted by atomic mass is 32.1. The number of thiazole rings is 1. The summed E-state index contributed by atoms with van der Waals surface area (Å²) < 4.78 is 5.45. The number of benzene rings is 1. The average molecular weight is 263 g/mol. The number of aromatic nitrogens is 1. The van der Waals surface area contributed by atoms with Crippen molar-refractivity contribution < 1.29 is 9.84 Å². The predicted octanol–water partition coefficient (Wildman–Crippen LogP) is 2.97. The Labute approximate surface area is 111 Å². The SMILES string of the molecule is COc1cc(C)cc(C)c1-c1nc(CCO)cs1. The lowest BCUT2D eigenvalue weighted by Gasteiger charge is -2.10. The Balaban J connectivity index is 2.48. The van der Waals surface area contributed by atoms with Gasteiger partial charge >= 0.3 is 0 Å². The summed E-state index contributed by atoms with van der Waals surface area (Å²) in [5, 5.41) is 11.9. The Morgan fingerprint density at radius 2 is 2.11 bits per heavy atom. The molecule has 3 nitrogen and oxygen atoms in total. The molecule has 1 N–H and O–H groups in total. The van der Waals surface area contributed by atoms with Gasteiger partial charge in [-0.05, 0) is 31.0 Å². The van der Waals surface area contributed by atoms with Crippen molar-refractivity contribution >= 4 is 11.3 Å². The molecule has 0 aliphatic rings. The molecule has 0 atom stereocenters. The quantitative estimate of drug-likeness (QED) is 0.922. The molecule has 0 bridgehead atoms. The maximum atomic E-state index is 8.93. The molecule has 1 aromatic carbocycles. The van der Waals surface area contributed by atoms with Gasteiger partial charge in [-0.15, -0.1) is 11.3 Å². The van der Waals surface area contributed by atoms with Crippen molar-refractivity contribution in [3.05, 3.63) is 34.3 Å². The Bertz CT molecular complexity index is 549. The minimum atomic E-state index is 0.132. The van der Waals surface area contributed by atoms with Crippen LogP contribution in [-0.2, 0) is 6.42 Å². The van der Waals surface area contributed by atoms with Gasteiger partial charge in [-0.3, -0.25) is 0 Å². The van der Waals surface area contributed by atoms with Gasteiger partial charge < -0.3 is 9.84 Å². The third-order valence-electron chi connectivity index (χ3n) is 2.80. The van der Waals surface area contributed by atoms with Crippen molar-refractivity contribution in [2.75, 3.05) is 13.7 Å². The molecule has 0 aliphatic heterocycles. The van der Waals surface area contributed by atoms with E-state index in [1.54, 1.807) is 18.4 Å². The normalized spacial score (nSPS) is 10.7. The van der Waals surface area contributed by atoms with Crippen LogP contribution in [0.3, 0.4) is 0 Å². The van der Waals surface area contributed by atoms with Crippen LogP contribution in [-0.4, -0.2) is 23.8 Å². The summed E-state index contributed by atoms with van der Waals surface area (Å²) in [5.41, 5.74) is 4.33. The van der Waals surface area contributed by atoms with Gasteiger partial charge in [0.15, 0.2) is 0 Å². The molecule has 0 aliphatic carbocycles. The Morgan fingerprint density at radius 1 is 1.33 bits per heavy atom. The van der Waals surface area contributed by atoms with Gasteiger partial charge in [-0.1, -0.05) is 6.07 Å². The lowest BCUT2D eigenvalue weighted by Crippen LogP contribution is -1.94. The highest BCUT2D eigenvalue weighted by Gasteiger charge is 2.13. The third kappa shape index (κ3) is 2.54. The minimum Gasteiger partial charge on any atom is -0.496 e. The summed E-state index contributed by atoms with van der Waals surface area (Å²) in [6, 6.07) is 4.15. The average Bonchev–Trinajstić information content (AvgIpc) is 2.76. The minimum absolute atomic E-state index is 0.132. The number of hydrogen-bond acceptors (Lipinski definition) is 4. The zero-order chi connectivity index (χ0) is 13.1. The van der Waals surface area contributed by atoms with Gasteiger partial charge in [0.25, 0.3) is 0 Å². The molecular weight excluding hydrogens is 246 g/mol. The summed E-state index contributed by atoms with van der Waals surface area (Å²) in [6.07, 6.45) is 0.601. The number of methoxy groups -OCH3 is 1. The zero-order valence-electron chi connectivity index (χ0n) is 10.9. The summed E-state index contributed by atoms with van der Waals surface area (Å²) in [5.74, 6) is 0.859. The highest BCUT2D eigenvalue weighted by molar-refractivity contribution is 7.13. The van der Waals surface area contributed by atoms with Crippen molar-refractivity contribution in [3.63, 3.8) is 0 Å². The molecule has 4 heteroatoms. The van der Waals surface area contributed by atoms with Crippen molar-refractivity contribution in [1.82, 2.24) is 4.98 Å². The van der Waals surface area contributed by atoms with Crippen molar-refractivity contribution in [2.45, 2.75) is 20.3 Å². The van der Waals surface area contributed by atoms with Gasteiger partial charge in [0.05, 0.1) is 18.4 Å². The largest absolute Gasteiger partial charge is 0.496 e. The molecule has 0 saturated carbocycles. The molecule has 2 rings (SSSR count). The van der Waals surface area contributed by atoms with Crippen LogP contribution < -0.4 is 4.74 Å². The third-order valence-corrected chi connectivity index (χ3v) is 3.71. The van der Waals surface area contributed by atoms with E-state index in [2.05, 4.69) is 24.9 Å². The van der Waals surface area contributed by atoms with Crippen LogP contribution in [0.15, 0.2) is 17.5 Å². The number of aryl methyl sites for hydroxylation is 2. The molecule has 0 amide bonds. The first kappa shape index (κ1) is 13.1. The highest BCUT2D eigenvalue weighted by Crippen LogP contribution is 2.36. The fourth-order valence-electron chi connectivity index (χ4n) is 2.01. The van der Waals surface area contributed by atoms with E-state index >= 15 is 0 Å². The number of nitrogens with zero attached hydrogens (tertiary/aromatic N) is 1.